The number of nitrogens with one attached hydrogen (secondary N) is 2. The molecule has 0 aliphatic rings. The van der Waals surface area contributed by atoms with Crippen LogP contribution < -0.4 is 16.4 Å². The second kappa shape index (κ2) is 7.28. The van der Waals surface area contributed by atoms with Crippen LogP contribution in [0.2, 0.25) is 0 Å². The topological polar surface area (TPSA) is 80.0 Å². The number of nitrogens with two attached hydrogens (primary N) is 1. The van der Waals surface area contributed by atoms with Gasteiger partial charge >= 0.3 is 0 Å². The van der Waals surface area contributed by atoms with E-state index in [0.29, 0.717) is 31.0 Å². The standard InChI is InChI=1S/C16H20N4O/c1-12-7-8-19-16(15(12)17)20-10-9-18-14(21)11-13-5-3-2-4-6-13/h2-8H,9-11,17H2,1H3,(H,18,21)(H,19,20). The van der Waals surface area contributed by atoms with Crippen molar-refractivity contribution in [2.45, 2.75) is 13.3 Å². The van der Waals surface area contributed by atoms with Gasteiger partial charge in [-0.05, 0) is 24.1 Å². The molecule has 2 rings (SSSR count). The third kappa shape index (κ3) is 4.49. The second-order valence-electron chi connectivity index (χ2n) is 4.83. The van der Waals surface area contributed by atoms with Gasteiger partial charge in [-0.1, -0.05) is 30.3 Å². The lowest BCUT2D eigenvalue weighted by Crippen LogP contribution is -2.30. The number of amides is 1. The SMILES string of the molecule is Cc1ccnc(NCCNC(=O)Cc2ccccc2)c1N. The highest BCUT2D eigenvalue weighted by Crippen LogP contribution is 2.17. The van der Waals surface area contributed by atoms with E-state index in [4.69, 9.17) is 5.73 Å². The molecule has 0 spiro atoms. The van der Waals surface area contributed by atoms with E-state index in [9.17, 15) is 4.79 Å². The van der Waals surface area contributed by atoms with Crippen molar-refractivity contribution in [2.75, 3.05) is 24.1 Å². The van der Waals surface area contributed by atoms with E-state index in [1.54, 1.807) is 6.20 Å². The molecule has 0 saturated heterocycles. The van der Waals surface area contributed by atoms with Crippen molar-refractivity contribution in [1.82, 2.24) is 10.3 Å². The molecule has 1 aromatic heterocycles. The molecule has 1 amide bonds. The second-order valence-corrected chi connectivity index (χ2v) is 4.83. The number of pyridine rings is 1. The van der Waals surface area contributed by atoms with Crippen molar-refractivity contribution >= 4 is 17.4 Å². The first-order chi connectivity index (χ1) is 10.2. The number of nitrogens with zero attached hydrogens (tertiary/aromatic N) is 1. The van der Waals surface area contributed by atoms with Crippen LogP contribution in [-0.2, 0) is 11.2 Å². The molecule has 0 bridgehead atoms. The van der Waals surface area contributed by atoms with Gasteiger partial charge in [-0.25, -0.2) is 4.98 Å². The van der Waals surface area contributed by atoms with Crippen LogP contribution in [0.4, 0.5) is 11.5 Å². The number of benzene rings is 1. The van der Waals surface area contributed by atoms with Gasteiger partial charge in [0.1, 0.15) is 5.82 Å². The number of aryl methyl sites for hydroxylation is 1. The fourth-order valence-electron chi connectivity index (χ4n) is 1.94. The molecule has 1 heterocycles. The number of anilines is 2. The Hall–Kier alpha value is -2.56. The smallest absolute Gasteiger partial charge is 0.224 e. The fraction of sp³-hybridized carbons (Fsp3) is 0.250. The number of carbonyl (C=O) groups is 1. The van der Waals surface area contributed by atoms with Gasteiger partial charge in [0.2, 0.25) is 5.91 Å². The maximum atomic E-state index is 11.8. The lowest BCUT2D eigenvalue weighted by molar-refractivity contribution is -0.120. The molecule has 21 heavy (non-hydrogen) atoms. The van der Waals surface area contributed by atoms with E-state index >= 15 is 0 Å². The Balaban J connectivity index is 1.72. The van der Waals surface area contributed by atoms with Crippen LogP contribution >= 0.6 is 0 Å². The Morgan fingerprint density at radius 2 is 1.95 bits per heavy atom. The molecule has 110 valence electrons. The predicted molar refractivity (Wildman–Crippen MR) is 85.0 cm³/mol. The third-order valence-electron chi connectivity index (χ3n) is 3.16. The zero-order chi connectivity index (χ0) is 15.1. The minimum absolute atomic E-state index is 0.00757. The normalized spacial score (nSPS) is 10.1. The molecule has 1 aromatic carbocycles. The highest BCUT2D eigenvalue weighted by atomic mass is 16.1. The van der Waals surface area contributed by atoms with E-state index in [2.05, 4.69) is 15.6 Å². The first-order valence-electron chi connectivity index (χ1n) is 6.92. The lowest BCUT2D eigenvalue weighted by atomic mass is 10.1. The zero-order valence-corrected chi connectivity index (χ0v) is 12.1. The molecule has 0 aliphatic heterocycles. The number of hydrogen-bond donors (Lipinski definition) is 3. The summed E-state index contributed by atoms with van der Waals surface area (Å²) >= 11 is 0. The highest BCUT2D eigenvalue weighted by Gasteiger charge is 2.04. The van der Waals surface area contributed by atoms with Crippen molar-refractivity contribution < 1.29 is 4.79 Å². The molecular weight excluding hydrogens is 264 g/mol. The number of rotatable bonds is 6. The molecule has 2 aromatic rings. The van der Waals surface area contributed by atoms with Gasteiger partial charge in [0.15, 0.2) is 0 Å². The number of aromatic nitrogens is 1. The maximum Gasteiger partial charge on any atom is 0.224 e. The van der Waals surface area contributed by atoms with Crippen LogP contribution in [0.3, 0.4) is 0 Å². The van der Waals surface area contributed by atoms with E-state index in [-0.39, 0.29) is 5.91 Å². The number of hydrogen-bond acceptors (Lipinski definition) is 4. The predicted octanol–water partition coefficient (Wildman–Crippen LogP) is 1.74. The molecular formula is C16H20N4O. The summed E-state index contributed by atoms with van der Waals surface area (Å²) in [5, 5.41) is 5.99. The van der Waals surface area contributed by atoms with Crippen LogP contribution in [0.1, 0.15) is 11.1 Å². The van der Waals surface area contributed by atoms with Crippen LogP contribution in [0.5, 0.6) is 0 Å². The largest absolute Gasteiger partial charge is 0.396 e. The molecule has 4 N–H and O–H groups in total. The van der Waals surface area contributed by atoms with E-state index in [1.807, 2.05) is 43.3 Å². The molecule has 0 radical (unpaired) electrons. The molecule has 0 unspecified atom stereocenters. The summed E-state index contributed by atoms with van der Waals surface area (Å²) in [5.74, 6) is 0.667. The molecule has 5 heteroatoms. The average molecular weight is 284 g/mol. The minimum atomic E-state index is 0.00757. The minimum Gasteiger partial charge on any atom is -0.396 e. The van der Waals surface area contributed by atoms with Gasteiger partial charge in [-0.3, -0.25) is 4.79 Å². The van der Waals surface area contributed by atoms with Crippen molar-refractivity contribution in [3.05, 3.63) is 53.7 Å². The van der Waals surface area contributed by atoms with Gasteiger partial charge in [-0.2, -0.15) is 0 Å². The molecule has 0 saturated carbocycles. The van der Waals surface area contributed by atoms with Crippen molar-refractivity contribution in [1.29, 1.82) is 0 Å². The summed E-state index contributed by atoms with van der Waals surface area (Å²) < 4.78 is 0. The van der Waals surface area contributed by atoms with Crippen LogP contribution in [0, 0.1) is 6.92 Å². The van der Waals surface area contributed by atoms with Gasteiger partial charge in [0.25, 0.3) is 0 Å². The highest BCUT2D eigenvalue weighted by molar-refractivity contribution is 5.78. The number of carbonyl (C=O) groups excluding carboxylic acids is 1. The fourth-order valence-corrected chi connectivity index (χ4v) is 1.94. The summed E-state index contributed by atoms with van der Waals surface area (Å²) in [7, 11) is 0. The van der Waals surface area contributed by atoms with Crippen LogP contribution in [0.25, 0.3) is 0 Å². The van der Waals surface area contributed by atoms with Crippen molar-refractivity contribution in [2.24, 2.45) is 0 Å². The Morgan fingerprint density at radius 1 is 1.19 bits per heavy atom. The van der Waals surface area contributed by atoms with Gasteiger partial charge in [-0.15, -0.1) is 0 Å². The summed E-state index contributed by atoms with van der Waals surface area (Å²) in [4.78, 5) is 15.9. The first-order valence-corrected chi connectivity index (χ1v) is 6.92. The first kappa shape index (κ1) is 14.8. The van der Waals surface area contributed by atoms with E-state index < -0.39 is 0 Å². The summed E-state index contributed by atoms with van der Waals surface area (Å²) in [6, 6.07) is 11.5. The Morgan fingerprint density at radius 3 is 2.71 bits per heavy atom. The average Bonchev–Trinajstić information content (AvgIpc) is 2.49. The van der Waals surface area contributed by atoms with Gasteiger partial charge < -0.3 is 16.4 Å². The van der Waals surface area contributed by atoms with Crippen molar-refractivity contribution in [3.8, 4) is 0 Å². The maximum absolute atomic E-state index is 11.8. The molecule has 0 fully saturated rings. The Labute approximate surface area is 124 Å². The Kier molecular flexibility index (Phi) is 5.15. The van der Waals surface area contributed by atoms with Gasteiger partial charge in [0.05, 0.1) is 12.1 Å². The van der Waals surface area contributed by atoms with Crippen LogP contribution in [0.15, 0.2) is 42.6 Å². The van der Waals surface area contributed by atoms with Gasteiger partial charge in [0, 0.05) is 19.3 Å². The number of nitrogen functional groups attached to an aromatic ring is 1. The summed E-state index contributed by atoms with van der Waals surface area (Å²) in [6.45, 7) is 3.05. The van der Waals surface area contributed by atoms with Crippen LogP contribution in [-0.4, -0.2) is 24.0 Å². The third-order valence-corrected chi connectivity index (χ3v) is 3.16. The quantitative estimate of drug-likeness (QED) is 0.706. The monoisotopic (exact) mass is 284 g/mol. The molecule has 5 nitrogen and oxygen atoms in total. The summed E-state index contributed by atoms with van der Waals surface area (Å²) in [5.41, 5.74) is 8.55. The van der Waals surface area contributed by atoms with E-state index in [0.717, 1.165) is 11.1 Å². The zero-order valence-electron chi connectivity index (χ0n) is 12.1. The summed E-state index contributed by atoms with van der Waals surface area (Å²) in [6.07, 6.45) is 2.10. The van der Waals surface area contributed by atoms with E-state index in [1.165, 1.54) is 0 Å². The lowest BCUT2D eigenvalue weighted by Gasteiger charge is -2.10. The molecule has 0 atom stereocenters. The molecule has 0 aliphatic carbocycles. The van der Waals surface area contributed by atoms with Crippen molar-refractivity contribution in [3.63, 3.8) is 0 Å². The Bertz CT molecular complexity index is 598.